The monoisotopic (exact) mass is 421 g/mol. The van der Waals surface area contributed by atoms with Crippen LogP contribution in [-0.2, 0) is 0 Å². The van der Waals surface area contributed by atoms with Gasteiger partial charge in [-0.05, 0) is 23.8 Å². The summed E-state index contributed by atoms with van der Waals surface area (Å²) in [6, 6.07) is 19.8. The van der Waals surface area contributed by atoms with E-state index in [2.05, 4.69) is 21.7 Å². The largest absolute Gasteiger partial charge is 0.325 e. The molecule has 4 rings (SSSR count). The second-order valence-electron chi connectivity index (χ2n) is 6.45. The van der Waals surface area contributed by atoms with Crippen LogP contribution in [0.3, 0.4) is 0 Å². The molecule has 3 aromatic rings. The minimum atomic E-state index is -0.278. The van der Waals surface area contributed by atoms with Crippen molar-refractivity contribution in [2.24, 2.45) is 0 Å². The van der Waals surface area contributed by atoms with Crippen molar-refractivity contribution in [3.8, 4) is 0 Å². The minimum absolute atomic E-state index is 0.0133. The first-order chi connectivity index (χ1) is 14.2. The first kappa shape index (κ1) is 19.5. The molecule has 7 heteroatoms. The maximum atomic E-state index is 12.6. The molecule has 0 saturated carbocycles. The van der Waals surface area contributed by atoms with Crippen LogP contribution in [0.4, 0.5) is 10.5 Å². The molecule has 2 atom stereocenters. The Bertz CT molecular complexity index is 999. The topological polar surface area (TPSA) is 71.1 Å². The van der Waals surface area contributed by atoms with Crippen molar-refractivity contribution in [3.05, 3.63) is 95.8 Å². The van der Waals surface area contributed by atoms with Gasteiger partial charge in [0.1, 0.15) is 0 Å². The number of urea groups is 1. The summed E-state index contributed by atoms with van der Waals surface area (Å²) in [7, 11) is 0. The lowest BCUT2D eigenvalue weighted by Gasteiger charge is -2.14. The van der Waals surface area contributed by atoms with Gasteiger partial charge in [-0.25, -0.2) is 4.79 Å². The van der Waals surface area contributed by atoms with E-state index in [9.17, 15) is 9.59 Å². The third-order valence-electron chi connectivity index (χ3n) is 4.35. The molecule has 2 heterocycles. The number of aromatic nitrogens is 1. The summed E-state index contributed by atoms with van der Waals surface area (Å²) in [6.07, 6.45) is 3.62. The number of pyridine rings is 1. The third-order valence-corrected chi connectivity index (χ3v) is 7.54. The van der Waals surface area contributed by atoms with Gasteiger partial charge in [0.05, 0.1) is 9.96 Å². The zero-order valence-electron chi connectivity index (χ0n) is 15.4. The van der Waals surface area contributed by atoms with Crippen LogP contribution in [0.1, 0.15) is 26.1 Å². The Morgan fingerprint density at radius 2 is 1.79 bits per heavy atom. The minimum Gasteiger partial charge on any atom is -0.325 e. The second kappa shape index (κ2) is 9.15. The van der Waals surface area contributed by atoms with Crippen molar-refractivity contribution in [1.82, 2.24) is 10.3 Å². The third kappa shape index (κ3) is 4.99. The number of amides is 2. The molecular formula is C22H19N3O2S2. The zero-order chi connectivity index (χ0) is 20.1. The molecule has 29 heavy (non-hydrogen) atoms. The lowest BCUT2D eigenvalue weighted by atomic mass is 10.0. The van der Waals surface area contributed by atoms with E-state index in [1.54, 1.807) is 66.1 Å². The van der Waals surface area contributed by atoms with Crippen LogP contribution in [0.2, 0.25) is 0 Å². The fourth-order valence-corrected chi connectivity index (χ4v) is 6.01. The number of rotatable bonds is 5. The molecule has 1 aliphatic heterocycles. The van der Waals surface area contributed by atoms with Crippen LogP contribution < -0.4 is 10.6 Å². The molecule has 1 aliphatic rings. The van der Waals surface area contributed by atoms with E-state index >= 15 is 0 Å². The van der Waals surface area contributed by atoms with Crippen molar-refractivity contribution in [2.75, 3.05) is 11.1 Å². The van der Waals surface area contributed by atoms with Gasteiger partial charge in [0.15, 0.2) is 5.78 Å². The molecule has 0 aliphatic carbocycles. The fraction of sp³-hybridized carbons (Fsp3) is 0.136. The first-order valence-electron chi connectivity index (χ1n) is 9.13. The lowest BCUT2D eigenvalue weighted by Crippen LogP contribution is -2.36. The summed E-state index contributed by atoms with van der Waals surface area (Å²) in [4.78, 5) is 29.2. The highest BCUT2D eigenvalue weighted by Gasteiger charge is 2.28. The molecule has 1 aromatic heterocycles. The highest BCUT2D eigenvalue weighted by atomic mass is 32.2. The Morgan fingerprint density at radius 1 is 0.966 bits per heavy atom. The van der Waals surface area contributed by atoms with Gasteiger partial charge in [-0.2, -0.15) is 0 Å². The normalized spacial score (nSPS) is 18.2. The predicted octanol–water partition coefficient (Wildman–Crippen LogP) is 4.94. The zero-order valence-corrected chi connectivity index (χ0v) is 17.1. The summed E-state index contributed by atoms with van der Waals surface area (Å²) in [5, 5.41) is 5.84. The van der Waals surface area contributed by atoms with Gasteiger partial charge in [-0.15, -0.1) is 23.5 Å². The summed E-state index contributed by atoms with van der Waals surface area (Å²) < 4.78 is 0.265. The number of hydrogen-bond acceptors (Lipinski definition) is 5. The molecule has 0 radical (unpaired) electrons. The van der Waals surface area contributed by atoms with Crippen LogP contribution in [0.15, 0.2) is 79.1 Å². The molecule has 1 saturated heterocycles. The van der Waals surface area contributed by atoms with E-state index in [-0.39, 0.29) is 21.8 Å². The fourth-order valence-electron chi connectivity index (χ4n) is 2.98. The van der Waals surface area contributed by atoms with E-state index in [1.165, 1.54) is 0 Å². The van der Waals surface area contributed by atoms with Crippen molar-refractivity contribution >= 4 is 41.0 Å². The second-order valence-corrected chi connectivity index (χ2v) is 9.20. The molecule has 2 unspecified atom stereocenters. The highest BCUT2D eigenvalue weighted by Crippen LogP contribution is 2.48. The molecule has 0 spiro atoms. The SMILES string of the molecule is O=C(Nc1cccc(C(=O)c2ccccc2)c1)NC1CSC(c2cccnc2)S1. The number of thioether (sulfide) groups is 2. The molecule has 146 valence electrons. The number of benzene rings is 2. The number of hydrogen-bond donors (Lipinski definition) is 2. The van der Waals surface area contributed by atoms with Crippen LogP contribution in [0.25, 0.3) is 0 Å². The number of ketones is 1. The van der Waals surface area contributed by atoms with Crippen molar-refractivity contribution in [1.29, 1.82) is 0 Å². The van der Waals surface area contributed by atoms with Crippen molar-refractivity contribution < 1.29 is 9.59 Å². The number of nitrogens with one attached hydrogen (secondary N) is 2. The van der Waals surface area contributed by atoms with Crippen molar-refractivity contribution in [3.63, 3.8) is 0 Å². The smallest absolute Gasteiger partial charge is 0.320 e. The summed E-state index contributed by atoms with van der Waals surface area (Å²) in [5.41, 5.74) is 2.90. The Hall–Kier alpha value is -2.77. The number of nitrogens with zero attached hydrogens (tertiary/aromatic N) is 1. The Balaban J connectivity index is 1.35. The van der Waals surface area contributed by atoms with Gasteiger partial charge in [-0.3, -0.25) is 9.78 Å². The molecule has 1 fully saturated rings. The van der Waals surface area contributed by atoms with E-state index in [0.29, 0.717) is 16.8 Å². The molecule has 2 N–H and O–H groups in total. The van der Waals surface area contributed by atoms with Gasteiger partial charge in [0, 0.05) is 35.0 Å². The Morgan fingerprint density at radius 3 is 2.59 bits per heavy atom. The summed E-state index contributed by atoms with van der Waals surface area (Å²) in [5.74, 6) is 0.751. The number of carbonyl (C=O) groups is 2. The van der Waals surface area contributed by atoms with Gasteiger partial charge >= 0.3 is 6.03 Å². The van der Waals surface area contributed by atoms with Crippen molar-refractivity contribution in [2.45, 2.75) is 9.96 Å². The lowest BCUT2D eigenvalue weighted by molar-refractivity contribution is 0.103. The highest BCUT2D eigenvalue weighted by molar-refractivity contribution is 8.19. The van der Waals surface area contributed by atoms with E-state index in [0.717, 1.165) is 11.3 Å². The van der Waals surface area contributed by atoms with Crippen LogP contribution in [0.5, 0.6) is 0 Å². The predicted molar refractivity (Wildman–Crippen MR) is 119 cm³/mol. The van der Waals surface area contributed by atoms with Crippen LogP contribution in [-0.4, -0.2) is 27.9 Å². The van der Waals surface area contributed by atoms with Gasteiger partial charge in [0.25, 0.3) is 0 Å². The number of carbonyl (C=O) groups excluding carboxylic acids is 2. The quantitative estimate of drug-likeness (QED) is 0.571. The molecular weight excluding hydrogens is 402 g/mol. The molecule has 2 aromatic carbocycles. The van der Waals surface area contributed by atoms with Gasteiger partial charge in [-0.1, -0.05) is 48.5 Å². The average Bonchev–Trinajstić information content (AvgIpc) is 3.23. The first-order valence-corrected chi connectivity index (χ1v) is 11.1. The Kier molecular flexibility index (Phi) is 6.17. The standard InChI is InChI=1S/C22H19N3O2S2/c26-20(15-6-2-1-3-7-15)16-8-4-10-18(12-16)24-22(27)25-19-14-28-21(29-19)17-9-5-11-23-13-17/h1-13,19,21H,14H2,(H2,24,25,27). The summed E-state index contributed by atoms with van der Waals surface area (Å²) >= 11 is 3.50. The van der Waals surface area contributed by atoms with E-state index < -0.39 is 0 Å². The average molecular weight is 422 g/mol. The van der Waals surface area contributed by atoms with Gasteiger partial charge in [0.2, 0.25) is 0 Å². The summed E-state index contributed by atoms with van der Waals surface area (Å²) in [6.45, 7) is 0. The van der Waals surface area contributed by atoms with E-state index in [1.807, 2.05) is 30.5 Å². The van der Waals surface area contributed by atoms with Gasteiger partial charge < -0.3 is 10.6 Å². The maximum absolute atomic E-state index is 12.6. The van der Waals surface area contributed by atoms with Crippen LogP contribution in [0, 0.1) is 0 Å². The van der Waals surface area contributed by atoms with E-state index in [4.69, 9.17) is 0 Å². The molecule has 2 amide bonds. The molecule has 5 nitrogen and oxygen atoms in total. The Labute approximate surface area is 177 Å². The van der Waals surface area contributed by atoms with Crippen LogP contribution >= 0.6 is 23.5 Å². The molecule has 0 bridgehead atoms. The maximum Gasteiger partial charge on any atom is 0.320 e. The number of anilines is 1.